The Hall–Kier alpha value is -2.38. The Bertz CT molecular complexity index is 708. The number of terminal acetylenes is 2. The number of aliphatic hydroxyl groups is 2. The van der Waals surface area contributed by atoms with Crippen LogP contribution in [0.2, 0.25) is 0 Å². The summed E-state index contributed by atoms with van der Waals surface area (Å²) in [5.41, 5.74) is 0.699. The molecule has 0 aliphatic carbocycles. The van der Waals surface area contributed by atoms with Crippen LogP contribution in [0.5, 0.6) is 0 Å². The van der Waals surface area contributed by atoms with Gasteiger partial charge >= 0.3 is 0 Å². The van der Waals surface area contributed by atoms with Crippen molar-refractivity contribution in [1.82, 2.24) is 9.88 Å². The van der Waals surface area contributed by atoms with Crippen LogP contribution in [0.4, 0.5) is 0 Å². The molecule has 1 aromatic carbocycles. The summed E-state index contributed by atoms with van der Waals surface area (Å²) < 4.78 is 0.861. The topological polar surface area (TPSA) is 73.7 Å². The maximum Gasteiger partial charge on any atom is 0.256 e. The highest BCUT2D eigenvalue weighted by Gasteiger charge is 2.31. The lowest BCUT2D eigenvalue weighted by Crippen LogP contribution is -2.42. The fraction of sp³-hybridized carbons (Fsp3) is 0.250. The monoisotopic (exact) mass is 314 g/mol. The number of para-hydroxylation sites is 1. The molecule has 2 unspecified atom stereocenters. The number of aliphatic hydroxyl groups excluding tert-OH is 2. The van der Waals surface area contributed by atoms with E-state index < -0.39 is 18.1 Å². The number of carbonyl (C=O) groups excluding carboxylic acids is 1. The smallest absolute Gasteiger partial charge is 0.256 e. The number of carbonyl (C=O) groups is 1. The molecule has 6 heteroatoms. The fourth-order valence-electron chi connectivity index (χ4n) is 1.91. The van der Waals surface area contributed by atoms with Gasteiger partial charge in [0.2, 0.25) is 0 Å². The molecule has 2 rings (SSSR count). The van der Waals surface area contributed by atoms with Crippen LogP contribution in [0.25, 0.3) is 10.2 Å². The van der Waals surface area contributed by atoms with E-state index in [0.29, 0.717) is 5.52 Å². The number of thiazole rings is 1. The first-order valence-electron chi connectivity index (χ1n) is 6.45. The summed E-state index contributed by atoms with van der Waals surface area (Å²) in [6.07, 6.45) is 7.25. The summed E-state index contributed by atoms with van der Waals surface area (Å²) in [5, 5.41) is 20.5. The molecule has 1 heterocycles. The molecule has 112 valence electrons. The Morgan fingerprint density at radius 1 is 1.27 bits per heavy atom. The van der Waals surface area contributed by atoms with Crippen molar-refractivity contribution in [2.75, 3.05) is 13.1 Å². The van der Waals surface area contributed by atoms with Crippen molar-refractivity contribution in [2.45, 2.75) is 12.2 Å². The van der Waals surface area contributed by atoms with Gasteiger partial charge < -0.3 is 15.1 Å². The predicted molar refractivity (Wildman–Crippen MR) is 84.8 cm³/mol. The van der Waals surface area contributed by atoms with Crippen LogP contribution in [-0.2, 0) is 4.79 Å². The zero-order valence-electron chi connectivity index (χ0n) is 11.6. The van der Waals surface area contributed by atoms with Crippen LogP contribution >= 0.6 is 11.3 Å². The van der Waals surface area contributed by atoms with Crippen LogP contribution in [0.1, 0.15) is 11.1 Å². The SMILES string of the molecule is C#CCN(CC#C)C(=O)C(O)C(O)c1nc2ccccc2s1. The molecule has 0 saturated heterocycles. The molecule has 0 fully saturated rings. The summed E-state index contributed by atoms with van der Waals surface area (Å²) in [5.74, 6) is 3.86. The van der Waals surface area contributed by atoms with Crippen LogP contribution in [-0.4, -0.2) is 45.2 Å². The second-order valence-electron chi connectivity index (χ2n) is 4.51. The van der Waals surface area contributed by atoms with Crippen molar-refractivity contribution in [2.24, 2.45) is 0 Å². The molecule has 0 spiro atoms. The second kappa shape index (κ2) is 7.06. The second-order valence-corrected chi connectivity index (χ2v) is 5.57. The quantitative estimate of drug-likeness (QED) is 0.800. The Morgan fingerprint density at radius 3 is 2.50 bits per heavy atom. The van der Waals surface area contributed by atoms with E-state index in [2.05, 4.69) is 16.8 Å². The van der Waals surface area contributed by atoms with Gasteiger partial charge in [0, 0.05) is 0 Å². The first-order valence-corrected chi connectivity index (χ1v) is 7.27. The third kappa shape index (κ3) is 3.26. The summed E-state index contributed by atoms with van der Waals surface area (Å²) in [4.78, 5) is 17.5. The van der Waals surface area contributed by atoms with Crippen molar-refractivity contribution in [1.29, 1.82) is 0 Å². The van der Waals surface area contributed by atoms with Gasteiger partial charge in [-0.3, -0.25) is 4.79 Å². The number of amides is 1. The van der Waals surface area contributed by atoms with E-state index in [9.17, 15) is 15.0 Å². The Labute approximate surface area is 132 Å². The minimum Gasteiger partial charge on any atom is -0.383 e. The number of nitrogens with zero attached hydrogens (tertiary/aromatic N) is 2. The Balaban J connectivity index is 2.20. The standard InChI is InChI=1S/C16H14N2O3S/c1-3-9-18(10-4-2)16(21)14(20)13(19)15-17-11-7-5-6-8-12(11)22-15/h1-2,5-8,13-14,19-20H,9-10H2. The maximum absolute atomic E-state index is 12.2. The molecule has 22 heavy (non-hydrogen) atoms. The third-order valence-corrected chi connectivity index (χ3v) is 4.10. The molecule has 5 nitrogen and oxygen atoms in total. The first-order chi connectivity index (χ1) is 10.6. The normalized spacial score (nSPS) is 13.1. The molecule has 0 bridgehead atoms. The molecule has 2 aromatic rings. The van der Waals surface area contributed by atoms with Gasteiger partial charge in [0.15, 0.2) is 6.10 Å². The highest BCUT2D eigenvalue weighted by molar-refractivity contribution is 7.18. The highest BCUT2D eigenvalue weighted by atomic mass is 32.1. The predicted octanol–water partition coefficient (Wildman–Crippen LogP) is 0.786. The summed E-state index contributed by atoms with van der Waals surface area (Å²) >= 11 is 1.22. The third-order valence-electron chi connectivity index (χ3n) is 2.99. The molecule has 0 radical (unpaired) electrons. The molecule has 2 atom stereocenters. The molecule has 2 N–H and O–H groups in total. The highest BCUT2D eigenvalue weighted by Crippen LogP contribution is 2.28. The Morgan fingerprint density at radius 2 is 1.91 bits per heavy atom. The number of benzene rings is 1. The molecule has 1 aromatic heterocycles. The van der Waals surface area contributed by atoms with E-state index in [-0.39, 0.29) is 18.1 Å². The number of aromatic nitrogens is 1. The van der Waals surface area contributed by atoms with E-state index in [1.165, 1.54) is 11.3 Å². The lowest BCUT2D eigenvalue weighted by atomic mass is 10.2. The minimum atomic E-state index is -1.66. The number of rotatable bonds is 5. The van der Waals surface area contributed by atoms with Gasteiger partial charge in [-0.2, -0.15) is 0 Å². The minimum absolute atomic E-state index is 0.0351. The van der Waals surface area contributed by atoms with Gasteiger partial charge in [-0.15, -0.1) is 24.2 Å². The number of fused-ring (bicyclic) bond motifs is 1. The number of hydrogen-bond acceptors (Lipinski definition) is 5. The van der Waals surface area contributed by atoms with Crippen LogP contribution in [0.15, 0.2) is 24.3 Å². The largest absolute Gasteiger partial charge is 0.383 e. The van der Waals surface area contributed by atoms with E-state index in [0.717, 1.165) is 9.60 Å². The van der Waals surface area contributed by atoms with Crippen molar-refractivity contribution < 1.29 is 15.0 Å². The molecular weight excluding hydrogens is 300 g/mol. The van der Waals surface area contributed by atoms with E-state index in [4.69, 9.17) is 12.8 Å². The van der Waals surface area contributed by atoms with Gasteiger partial charge in [0.1, 0.15) is 11.1 Å². The van der Waals surface area contributed by atoms with Gasteiger partial charge in [0.05, 0.1) is 23.3 Å². The zero-order valence-corrected chi connectivity index (χ0v) is 12.5. The van der Waals surface area contributed by atoms with Crippen LogP contribution in [0.3, 0.4) is 0 Å². The van der Waals surface area contributed by atoms with Crippen molar-refractivity contribution in [3.63, 3.8) is 0 Å². The van der Waals surface area contributed by atoms with E-state index >= 15 is 0 Å². The van der Waals surface area contributed by atoms with Crippen molar-refractivity contribution in [3.8, 4) is 24.7 Å². The fourth-order valence-corrected chi connectivity index (χ4v) is 2.89. The lowest BCUT2D eigenvalue weighted by Gasteiger charge is -2.23. The average Bonchev–Trinajstić information content (AvgIpc) is 2.96. The summed E-state index contributed by atoms with van der Waals surface area (Å²) in [6.45, 7) is -0.0701. The maximum atomic E-state index is 12.2. The van der Waals surface area contributed by atoms with Crippen molar-refractivity contribution in [3.05, 3.63) is 29.3 Å². The average molecular weight is 314 g/mol. The Kier molecular flexibility index (Phi) is 5.13. The van der Waals surface area contributed by atoms with Crippen LogP contribution < -0.4 is 0 Å². The summed E-state index contributed by atoms with van der Waals surface area (Å²) in [7, 11) is 0. The molecule has 1 amide bonds. The molecule has 0 saturated carbocycles. The number of hydrogen-bond donors (Lipinski definition) is 2. The van der Waals surface area contributed by atoms with Crippen LogP contribution in [0, 0.1) is 24.7 Å². The molecular formula is C16H14N2O3S. The van der Waals surface area contributed by atoms with E-state index in [1.807, 2.05) is 18.2 Å². The molecule has 0 aliphatic rings. The summed E-state index contributed by atoms with van der Waals surface area (Å²) in [6, 6.07) is 7.31. The van der Waals surface area contributed by atoms with Gasteiger partial charge in [0.25, 0.3) is 5.91 Å². The first kappa shape index (κ1) is 16.0. The van der Waals surface area contributed by atoms with Gasteiger partial charge in [-0.05, 0) is 12.1 Å². The zero-order chi connectivity index (χ0) is 16.1. The van der Waals surface area contributed by atoms with Gasteiger partial charge in [-0.25, -0.2) is 4.98 Å². The van der Waals surface area contributed by atoms with Gasteiger partial charge in [-0.1, -0.05) is 24.0 Å². The molecule has 0 aliphatic heterocycles. The van der Waals surface area contributed by atoms with E-state index in [1.54, 1.807) is 6.07 Å². The lowest BCUT2D eigenvalue weighted by molar-refractivity contribution is -0.145. The van der Waals surface area contributed by atoms with Crippen molar-refractivity contribution >= 4 is 27.5 Å².